The second-order valence-electron chi connectivity index (χ2n) is 7.98. The van der Waals surface area contributed by atoms with Crippen molar-refractivity contribution in [3.63, 3.8) is 0 Å². The number of alkyl halides is 3. The van der Waals surface area contributed by atoms with Crippen molar-refractivity contribution in [3.8, 4) is 5.75 Å². The van der Waals surface area contributed by atoms with Crippen molar-refractivity contribution in [2.24, 2.45) is 0 Å². The van der Waals surface area contributed by atoms with Gasteiger partial charge in [-0.2, -0.15) is 13.2 Å². The SMILES string of the molecule is C=S(C)(=O)Nc1cc(F)c2c(Nc3ccc(F)cc3O[C@H](C)C(=O)N[C@@H](C)C(F)(F)F)ncnc2c1. The topological polar surface area (TPSA) is 105 Å². The number of anilines is 3. The molecule has 1 aromatic heterocycles. The molecule has 0 aliphatic carbocycles. The van der Waals surface area contributed by atoms with Crippen LogP contribution in [-0.4, -0.2) is 50.5 Å². The lowest BCUT2D eigenvalue weighted by atomic mass is 10.2. The molecule has 3 N–H and O–H groups in total. The normalized spacial score (nSPS) is 15.0. The number of fused-ring (bicyclic) bond motifs is 1. The van der Waals surface area contributed by atoms with Crippen molar-refractivity contribution in [3.05, 3.63) is 48.3 Å². The predicted octanol–water partition coefficient (Wildman–Crippen LogP) is 4.16. The smallest absolute Gasteiger partial charge is 0.408 e. The van der Waals surface area contributed by atoms with E-state index in [1.165, 1.54) is 25.3 Å². The minimum absolute atomic E-state index is 0.0461. The molecule has 0 bridgehead atoms. The maximum Gasteiger partial charge on any atom is 0.408 e. The highest BCUT2D eigenvalue weighted by atomic mass is 32.2. The second-order valence-corrected chi connectivity index (χ2v) is 10.2. The lowest BCUT2D eigenvalue weighted by Gasteiger charge is -2.21. The van der Waals surface area contributed by atoms with Crippen LogP contribution in [0.1, 0.15) is 13.8 Å². The number of hydrogen-bond acceptors (Lipinski definition) is 6. The first-order valence-corrected chi connectivity index (χ1v) is 12.4. The summed E-state index contributed by atoms with van der Waals surface area (Å²) in [7, 11) is -2.69. The van der Waals surface area contributed by atoms with Crippen LogP contribution in [0.5, 0.6) is 5.75 Å². The Kier molecular flexibility index (Phi) is 7.57. The number of ether oxygens (including phenoxy) is 1. The van der Waals surface area contributed by atoms with Crippen LogP contribution < -0.4 is 20.1 Å². The van der Waals surface area contributed by atoms with Gasteiger partial charge in [0.1, 0.15) is 35.6 Å². The van der Waals surface area contributed by atoms with Crippen molar-refractivity contribution in [2.45, 2.75) is 32.2 Å². The monoisotopic (exact) mass is 531 g/mol. The summed E-state index contributed by atoms with van der Waals surface area (Å²) in [5.41, 5.74) is 0.360. The summed E-state index contributed by atoms with van der Waals surface area (Å²) in [6.45, 7) is 1.96. The summed E-state index contributed by atoms with van der Waals surface area (Å²) in [6.07, 6.45) is -3.63. The fourth-order valence-electron chi connectivity index (χ4n) is 3.03. The maximum atomic E-state index is 15.0. The Bertz CT molecular complexity index is 1400. The van der Waals surface area contributed by atoms with Crippen LogP contribution in [-0.2, 0) is 14.5 Å². The Morgan fingerprint density at radius 3 is 2.47 bits per heavy atom. The molecule has 3 aromatic rings. The minimum Gasteiger partial charge on any atom is -0.479 e. The summed E-state index contributed by atoms with van der Waals surface area (Å²) in [4.78, 5) is 20.2. The molecule has 8 nitrogen and oxygen atoms in total. The quantitative estimate of drug-likeness (QED) is 0.298. The van der Waals surface area contributed by atoms with Gasteiger partial charge in [-0.1, -0.05) is 0 Å². The van der Waals surface area contributed by atoms with E-state index in [4.69, 9.17) is 4.74 Å². The summed E-state index contributed by atoms with van der Waals surface area (Å²) < 4.78 is 87.0. The molecule has 194 valence electrons. The summed E-state index contributed by atoms with van der Waals surface area (Å²) in [5.74, 6) is 0.565. The van der Waals surface area contributed by atoms with Crippen molar-refractivity contribution in [1.82, 2.24) is 15.3 Å². The van der Waals surface area contributed by atoms with E-state index in [0.29, 0.717) is 0 Å². The van der Waals surface area contributed by atoms with Crippen molar-refractivity contribution < 1.29 is 35.7 Å². The number of amides is 1. The molecule has 0 saturated heterocycles. The zero-order chi connectivity index (χ0) is 26.8. The molecule has 0 fully saturated rings. The van der Waals surface area contributed by atoms with Gasteiger partial charge in [0.25, 0.3) is 5.91 Å². The molecule has 1 heterocycles. The number of halogens is 5. The summed E-state index contributed by atoms with van der Waals surface area (Å²) in [6, 6.07) is 3.56. The average molecular weight is 532 g/mol. The van der Waals surface area contributed by atoms with E-state index in [0.717, 1.165) is 31.5 Å². The third-order valence-electron chi connectivity index (χ3n) is 4.74. The second kappa shape index (κ2) is 10.1. The molecular weight excluding hydrogens is 509 g/mol. The van der Waals surface area contributed by atoms with E-state index in [2.05, 4.69) is 25.9 Å². The van der Waals surface area contributed by atoms with Crippen LogP contribution >= 0.6 is 0 Å². The Balaban J connectivity index is 1.91. The molecular formula is C22H22F5N5O3S. The molecule has 2 aromatic carbocycles. The number of hydrogen-bond donors (Lipinski definition) is 3. The Morgan fingerprint density at radius 2 is 1.83 bits per heavy atom. The van der Waals surface area contributed by atoms with E-state index in [9.17, 15) is 31.0 Å². The van der Waals surface area contributed by atoms with Gasteiger partial charge in [-0.15, -0.1) is 0 Å². The number of benzene rings is 2. The van der Waals surface area contributed by atoms with Gasteiger partial charge in [-0.25, -0.2) is 23.0 Å². The van der Waals surface area contributed by atoms with E-state index in [1.54, 1.807) is 5.32 Å². The molecule has 0 aliphatic heterocycles. The van der Waals surface area contributed by atoms with Gasteiger partial charge in [0.15, 0.2) is 6.10 Å². The average Bonchev–Trinajstić information content (AvgIpc) is 2.73. The molecule has 3 atom stereocenters. The van der Waals surface area contributed by atoms with E-state index in [-0.39, 0.29) is 33.8 Å². The first-order valence-electron chi connectivity index (χ1n) is 10.3. The fraction of sp³-hybridized carbons (Fsp3) is 0.273. The van der Waals surface area contributed by atoms with E-state index in [1.807, 2.05) is 0 Å². The number of nitrogens with zero attached hydrogens (tertiary/aromatic N) is 2. The summed E-state index contributed by atoms with van der Waals surface area (Å²) >= 11 is 0. The lowest BCUT2D eigenvalue weighted by molar-refractivity contribution is -0.160. The first-order chi connectivity index (χ1) is 16.6. The number of carbonyl (C=O) groups is 1. The molecule has 0 saturated carbocycles. The standard InChI is InChI=1S/C22H22F5N5O3S/c1-11(21(33)30-12(2)22(25,26)27)35-18-7-13(23)5-6-16(18)31-20-19-15(24)8-14(32-36(3,4)34)9-17(19)28-10-29-20/h5-12H,3H2,1-2,4H3,(H,30,33)(H,32,34)(H,28,29,31)/t11-,12+,36?/m1/s1. The van der Waals surface area contributed by atoms with Crippen LogP contribution in [0.4, 0.5) is 39.1 Å². The van der Waals surface area contributed by atoms with Gasteiger partial charge in [-0.05, 0) is 44.0 Å². The van der Waals surface area contributed by atoms with Gasteiger partial charge in [0.05, 0.1) is 22.3 Å². The zero-order valence-corrected chi connectivity index (χ0v) is 20.1. The van der Waals surface area contributed by atoms with E-state index < -0.39 is 45.6 Å². The Morgan fingerprint density at radius 1 is 1.14 bits per heavy atom. The zero-order valence-electron chi connectivity index (χ0n) is 19.2. The van der Waals surface area contributed by atoms with Crippen molar-refractivity contribution >= 4 is 49.6 Å². The third kappa shape index (κ3) is 6.71. The Labute approximate surface area is 203 Å². The molecule has 1 amide bonds. The molecule has 0 aliphatic rings. The van der Waals surface area contributed by atoms with Gasteiger partial charge >= 0.3 is 6.18 Å². The maximum absolute atomic E-state index is 15.0. The molecule has 3 rings (SSSR count). The third-order valence-corrected chi connectivity index (χ3v) is 5.41. The van der Waals surface area contributed by atoms with Crippen LogP contribution in [0.3, 0.4) is 0 Å². The van der Waals surface area contributed by atoms with Crippen LogP contribution in [0.2, 0.25) is 0 Å². The van der Waals surface area contributed by atoms with Gasteiger partial charge in [0, 0.05) is 22.0 Å². The predicted molar refractivity (Wildman–Crippen MR) is 128 cm³/mol. The van der Waals surface area contributed by atoms with Gasteiger partial charge < -0.3 is 20.1 Å². The molecule has 14 heteroatoms. The largest absolute Gasteiger partial charge is 0.479 e. The highest BCUT2D eigenvalue weighted by Crippen LogP contribution is 2.33. The van der Waals surface area contributed by atoms with Gasteiger partial charge in [0.2, 0.25) is 0 Å². The van der Waals surface area contributed by atoms with Crippen molar-refractivity contribution in [1.29, 1.82) is 0 Å². The van der Waals surface area contributed by atoms with Crippen LogP contribution in [0.25, 0.3) is 10.9 Å². The van der Waals surface area contributed by atoms with Crippen LogP contribution in [0.15, 0.2) is 36.7 Å². The number of rotatable bonds is 8. The fourth-order valence-corrected chi connectivity index (χ4v) is 3.64. The molecule has 36 heavy (non-hydrogen) atoms. The van der Waals surface area contributed by atoms with E-state index >= 15 is 0 Å². The molecule has 1 unspecified atom stereocenters. The molecule has 0 radical (unpaired) electrons. The first kappa shape index (κ1) is 26.9. The highest BCUT2D eigenvalue weighted by Gasteiger charge is 2.38. The number of aromatic nitrogens is 2. The van der Waals surface area contributed by atoms with Crippen molar-refractivity contribution in [2.75, 3.05) is 16.3 Å². The number of carbonyl (C=O) groups excluding carboxylic acids is 1. The summed E-state index contributed by atoms with van der Waals surface area (Å²) in [5, 5.41) is 4.49. The highest BCUT2D eigenvalue weighted by molar-refractivity contribution is 8.00. The lowest BCUT2D eigenvalue weighted by Crippen LogP contribution is -2.47. The number of nitrogens with one attached hydrogen (secondary N) is 3. The Hall–Kier alpha value is -3.68. The van der Waals surface area contributed by atoms with Gasteiger partial charge in [-0.3, -0.25) is 4.79 Å². The van der Waals surface area contributed by atoms with Crippen LogP contribution in [0, 0.1) is 11.6 Å². The minimum atomic E-state index is -4.66. The molecule has 0 spiro atoms.